The van der Waals surface area contributed by atoms with E-state index in [2.05, 4.69) is 25.9 Å². The lowest BCUT2D eigenvalue weighted by atomic mass is 10.0. The van der Waals surface area contributed by atoms with Crippen molar-refractivity contribution in [3.63, 3.8) is 0 Å². The van der Waals surface area contributed by atoms with Crippen LogP contribution < -0.4 is 10.1 Å². The number of methoxy groups -OCH3 is 1. The maximum atomic E-state index is 12.5. The molecule has 0 saturated heterocycles. The Hall–Kier alpha value is -3.95. The monoisotopic (exact) mass is 535 g/mol. The number of aromatic amines is 1. The fourth-order valence-corrected chi connectivity index (χ4v) is 4.69. The van der Waals surface area contributed by atoms with E-state index in [0.29, 0.717) is 29.4 Å². The largest absolute Gasteiger partial charge is 0.497 e. The van der Waals surface area contributed by atoms with E-state index in [1.165, 1.54) is 0 Å². The molecule has 0 radical (unpaired) electrons. The molecule has 9 nitrogen and oxygen atoms in total. The predicted octanol–water partition coefficient (Wildman–Crippen LogP) is 4.57. The van der Waals surface area contributed by atoms with Gasteiger partial charge in [0.25, 0.3) is 5.91 Å². The first-order chi connectivity index (χ1) is 18.0. The van der Waals surface area contributed by atoms with Crippen LogP contribution in [-0.2, 0) is 13.1 Å². The highest BCUT2D eigenvalue weighted by Crippen LogP contribution is 2.33. The van der Waals surface area contributed by atoms with Crippen molar-refractivity contribution < 1.29 is 9.53 Å². The van der Waals surface area contributed by atoms with E-state index in [-0.39, 0.29) is 17.8 Å². The van der Waals surface area contributed by atoms with Gasteiger partial charge in [-0.1, -0.05) is 28.9 Å². The Bertz CT molecular complexity index is 1440. The van der Waals surface area contributed by atoms with Gasteiger partial charge in [0.05, 0.1) is 37.0 Å². The second-order valence-electron chi connectivity index (χ2n) is 8.45. The first kappa shape index (κ1) is 24.7. The SMILES string of the molecule is COc1ccc(-c2cc(C3=CC(Cl)=CC(Cl)C3)nn2Cc2ccc(C(=O)NCc3nn[nH]n3)cc2)cc1. The lowest BCUT2D eigenvalue weighted by Gasteiger charge is -2.13. The zero-order valence-electron chi connectivity index (χ0n) is 19.9. The Morgan fingerprint density at radius 3 is 2.65 bits per heavy atom. The molecule has 2 aromatic heterocycles. The van der Waals surface area contributed by atoms with Gasteiger partial charge in [-0.25, -0.2) is 0 Å². The summed E-state index contributed by atoms with van der Waals surface area (Å²) in [5.74, 6) is 0.970. The Balaban J connectivity index is 1.39. The molecule has 1 aliphatic carbocycles. The Morgan fingerprint density at radius 2 is 1.97 bits per heavy atom. The van der Waals surface area contributed by atoms with Crippen molar-refractivity contribution in [2.24, 2.45) is 0 Å². The molecule has 1 atom stereocenters. The summed E-state index contributed by atoms with van der Waals surface area (Å²) in [7, 11) is 1.64. The summed E-state index contributed by atoms with van der Waals surface area (Å²) in [6.07, 6.45) is 4.38. The second kappa shape index (κ2) is 11.0. The maximum absolute atomic E-state index is 12.5. The third kappa shape index (κ3) is 5.90. The number of nitrogens with one attached hydrogen (secondary N) is 2. The number of tetrazole rings is 1. The smallest absolute Gasteiger partial charge is 0.251 e. The molecule has 1 unspecified atom stereocenters. The van der Waals surface area contributed by atoms with Gasteiger partial charge in [-0.2, -0.15) is 10.3 Å². The number of aromatic nitrogens is 6. The van der Waals surface area contributed by atoms with Crippen molar-refractivity contribution in [3.8, 4) is 17.0 Å². The van der Waals surface area contributed by atoms with Crippen molar-refractivity contribution in [2.75, 3.05) is 7.11 Å². The minimum atomic E-state index is -0.221. The third-order valence-electron chi connectivity index (χ3n) is 5.91. The summed E-state index contributed by atoms with van der Waals surface area (Å²) in [5, 5.41) is 21.6. The Labute approximate surface area is 223 Å². The number of benzene rings is 2. The molecule has 1 amide bonds. The van der Waals surface area contributed by atoms with Gasteiger partial charge >= 0.3 is 0 Å². The number of carbonyl (C=O) groups is 1. The van der Waals surface area contributed by atoms with Gasteiger partial charge < -0.3 is 10.1 Å². The van der Waals surface area contributed by atoms with Gasteiger partial charge in [0.15, 0.2) is 5.82 Å². The van der Waals surface area contributed by atoms with Crippen molar-refractivity contribution in [1.82, 2.24) is 35.7 Å². The van der Waals surface area contributed by atoms with Crippen LogP contribution in [0.25, 0.3) is 16.8 Å². The summed E-state index contributed by atoms with van der Waals surface area (Å²) in [6.45, 7) is 0.698. The van der Waals surface area contributed by atoms with Gasteiger partial charge in [-0.3, -0.25) is 9.48 Å². The van der Waals surface area contributed by atoms with E-state index >= 15 is 0 Å². The second-order valence-corrected chi connectivity index (χ2v) is 9.45. The number of hydrogen-bond donors (Lipinski definition) is 2. The lowest BCUT2D eigenvalue weighted by Crippen LogP contribution is -2.23. The molecule has 0 spiro atoms. The molecule has 5 rings (SSSR count). The van der Waals surface area contributed by atoms with E-state index in [1.54, 1.807) is 19.2 Å². The normalized spacial score (nSPS) is 15.2. The van der Waals surface area contributed by atoms with Gasteiger partial charge in [-0.05, 0) is 72.2 Å². The lowest BCUT2D eigenvalue weighted by molar-refractivity contribution is 0.0950. The number of halogens is 2. The molecule has 11 heteroatoms. The number of hydrogen-bond acceptors (Lipinski definition) is 6. The first-order valence-electron chi connectivity index (χ1n) is 11.5. The van der Waals surface area contributed by atoms with Crippen LogP contribution in [0.2, 0.25) is 0 Å². The molecule has 2 heterocycles. The minimum absolute atomic E-state index is 0.180. The van der Waals surface area contributed by atoms with Crippen molar-refractivity contribution >= 4 is 34.7 Å². The van der Waals surface area contributed by atoms with Crippen LogP contribution in [0, 0.1) is 0 Å². The highest BCUT2D eigenvalue weighted by Gasteiger charge is 2.19. The molecule has 1 aliphatic rings. The Kier molecular flexibility index (Phi) is 7.34. The highest BCUT2D eigenvalue weighted by atomic mass is 35.5. The summed E-state index contributed by atoms with van der Waals surface area (Å²) < 4.78 is 7.26. The van der Waals surface area contributed by atoms with E-state index in [9.17, 15) is 4.79 Å². The topological polar surface area (TPSA) is 111 Å². The number of H-pyrrole nitrogens is 1. The van der Waals surface area contributed by atoms with Crippen LogP contribution in [0.15, 0.2) is 71.8 Å². The molecule has 37 heavy (non-hydrogen) atoms. The molecular formula is C26H23Cl2N7O2. The number of alkyl halides is 1. The van der Waals surface area contributed by atoms with Crippen LogP contribution in [-0.4, -0.2) is 48.8 Å². The van der Waals surface area contributed by atoms with Crippen molar-refractivity contribution in [3.05, 3.63) is 94.4 Å². The average Bonchev–Trinajstić information content (AvgIpc) is 3.58. The number of allylic oxidation sites excluding steroid dienone is 4. The van der Waals surface area contributed by atoms with Crippen molar-refractivity contribution in [1.29, 1.82) is 0 Å². The molecule has 0 bridgehead atoms. The van der Waals surface area contributed by atoms with Gasteiger partial charge in [0.2, 0.25) is 0 Å². The quantitative estimate of drug-likeness (QED) is 0.320. The number of ether oxygens (including phenoxy) is 1. The fourth-order valence-electron chi connectivity index (χ4n) is 4.04. The maximum Gasteiger partial charge on any atom is 0.251 e. The predicted molar refractivity (Wildman–Crippen MR) is 141 cm³/mol. The molecule has 0 saturated carbocycles. The highest BCUT2D eigenvalue weighted by molar-refractivity contribution is 6.33. The van der Waals surface area contributed by atoms with Gasteiger partial charge in [-0.15, -0.1) is 21.8 Å². The van der Waals surface area contributed by atoms with E-state index < -0.39 is 0 Å². The molecule has 0 aliphatic heterocycles. The first-order valence-corrected chi connectivity index (χ1v) is 12.3. The molecule has 4 aromatic rings. The van der Waals surface area contributed by atoms with Crippen LogP contribution in [0.1, 0.15) is 33.9 Å². The van der Waals surface area contributed by atoms with E-state index in [4.69, 9.17) is 33.0 Å². The van der Waals surface area contributed by atoms with Crippen LogP contribution >= 0.6 is 23.2 Å². The minimum Gasteiger partial charge on any atom is -0.497 e. The summed E-state index contributed by atoms with van der Waals surface area (Å²) in [6, 6.07) is 17.3. The summed E-state index contributed by atoms with van der Waals surface area (Å²) >= 11 is 12.7. The van der Waals surface area contributed by atoms with Crippen molar-refractivity contribution in [2.45, 2.75) is 24.9 Å². The number of amides is 1. The molecular weight excluding hydrogens is 513 g/mol. The fraction of sp³-hybridized carbons (Fsp3) is 0.192. The Morgan fingerprint density at radius 1 is 1.19 bits per heavy atom. The molecule has 0 fully saturated rings. The standard InChI is InChI=1S/C26H23Cl2N7O2/c1-37-22-8-6-17(7-9-22)24-13-23(19-10-20(27)12-21(28)11-19)32-35(24)15-16-2-4-18(5-3-16)26(36)29-14-25-30-33-34-31-25/h2-10,12-13,21H,11,14-15H2,1H3,(H,29,36)(H,30,31,33,34). The van der Waals surface area contributed by atoms with Gasteiger partial charge in [0, 0.05) is 16.2 Å². The number of nitrogens with zero attached hydrogens (tertiary/aromatic N) is 5. The molecule has 2 N–H and O–H groups in total. The average molecular weight is 536 g/mol. The van der Waals surface area contributed by atoms with Crippen LogP contribution in [0.5, 0.6) is 5.75 Å². The zero-order valence-corrected chi connectivity index (χ0v) is 21.4. The zero-order chi connectivity index (χ0) is 25.8. The summed E-state index contributed by atoms with van der Waals surface area (Å²) in [4.78, 5) is 12.5. The third-order valence-corrected chi connectivity index (χ3v) is 6.42. The van der Waals surface area contributed by atoms with E-state index in [0.717, 1.165) is 33.8 Å². The van der Waals surface area contributed by atoms with Gasteiger partial charge in [0.1, 0.15) is 5.75 Å². The number of rotatable bonds is 8. The van der Waals surface area contributed by atoms with Crippen LogP contribution in [0.3, 0.4) is 0 Å². The number of carbonyl (C=O) groups excluding carboxylic acids is 1. The summed E-state index contributed by atoms with van der Waals surface area (Å²) in [5.41, 5.74) is 5.26. The molecule has 188 valence electrons. The van der Waals surface area contributed by atoms with E-state index in [1.807, 2.05) is 59.3 Å². The molecule has 2 aromatic carbocycles. The van der Waals surface area contributed by atoms with Crippen LogP contribution in [0.4, 0.5) is 0 Å².